The van der Waals surface area contributed by atoms with Gasteiger partial charge < -0.3 is 25.2 Å². The molecule has 0 bridgehead atoms. The lowest BCUT2D eigenvalue weighted by molar-refractivity contribution is 0.291. The lowest BCUT2D eigenvalue weighted by Crippen LogP contribution is -2.45. The highest BCUT2D eigenvalue weighted by Crippen LogP contribution is 2.22. The summed E-state index contributed by atoms with van der Waals surface area (Å²) in [6.07, 6.45) is 2.32. The number of aliphatic imine (C=N–C) groups is 1. The van der Waals surface area contributed by atoms with Gasteiger partial charge in [0, 0.05) is 19.6 Å². The van der Waals surface area contributed by atoms with Crippen molar-refractivity contribution >= 4 is 5.96 Å². The molecule has 2 unspecified atom stereocenters. The summed E-state index contributed by atoms with van der Waals surface area (Å²) in [6, 6.07) is 8.86. The molecular weight excluding hydrogens is 350 g/mol. The van der Waals surface area contributed by atoms with Crippen LogP contribution in [-0.2, 0) is 0 Å². The van der Waals surface area contributed by atoms with Crippen LogP contribution in [0.4, 0.5) is 0 Å². The molecule has 1 aromatic carbocycles. The van der Waals surface area contributed by atoms with Crippen molar-refractivity contribution in [1.29, 1.82) is 0 Å². The van der Waals surface area contributed by atoms with Gasteiger partial charge in [-0.25, -0.2) is 0 Å². The molecule has 6 heteroatoms. The molecule has 28 heavy (non-hydrogen) atoms. The van der Waals surface area contributed by atoms with Gasteiger partial charge in [0.2, 0.25) is 0 Å². The molecule has 0 saturated carbocycles. The average Bonchev–Trinajstić information content (AvgIpc) is 2.70. The second-order valence-electron chi connectivity index (χ2n) is 7.42. The van der Waals surface area contributed by atoms with Crippen LogP contribution in [-0.4, -0.2) is 76.2 Å². The summed E-state index contributed by atoms with van der Waals surface area (Å²) in [5.74, 6) is 1.73. The van der Waals surface area contributed by atoms with Gasteiger partial charge >= 0.3 is 0 Å². The van der Waals surface area contributed by atoms with E-state index in [1.165, 1.54) is 12.0 Å². The number of hydrogen-bond donors (Lipinski definition) is 2. The summed E-state index contributed by atoms with van der Waals surface area (Å²) >= 11 is 0. The normalized spacial score (nSPS) is 14.2. The third-order valence-corrected chi connectivity index (χ3v) is 5.18. The number of hydrogen-bond acceptors (Lipinski definition) is 4. The monoisotopic (exact) mass is 391 g/mol. The number of nitrogens with one attached hydrogen (secondary N) is 2. The molecule has 0 heterocycles. The Hall–Kier alpha value is -1.79. The standard InChI is InChI=1S/C22H41N5O/c1-8-27(9-2)15-11-12-18(3)25-22(23-4)24-17-21(26(5)6)19-13-10-14-20(16-19)28-7/h10,13-14,16,18,21H,8-9,11-12,15,17H2,1-7H3,(H2,23,24,25). The topological polar surface area (TPSA) is 52.1 Å². The third-order valence-electron chi connectivity index (χ3n) is 5.18. The summed E-state index contributed by atoms with van der Waals surface area (Å²) in [7, 11) is 7.72. The second-order valence-corrected chi connectivity index (χ2v) is 7.42. The molecule has 0 saturated heterocycles. The Kier molecular flexibility index (Phi) is 11.6. The largest absolute Gasteiger partial charge is 0.497 e. The minimum atomic E-state index is 0.228. The van der Waals surface area contributed by atoms with Crippen LogP contribution < -0.4 is 15.4 Å². The molecule has 0 aliphatic heterocycles. The average molecular weight is 392 g/mol. The number of guanidine groups is 1. The highest BCUT2D eigenvalue weighted by Gasteiger charge is 2.16. The molecular formula is C22H41N5O. The predicted octanol–water partition coefficient (Wildman–Crippen LogP) is 2.97. The Balaban J connectivity index is 2.56. The Bertz CT molecular complexity index is 572. The molecule has 0 amide bonds. The predicted molar refractivity (Wildman–Crippen MR) is 120 cm³/mol. The minimum Gasteiger partial charge on any atom is -0.497 e. The first kappa shape index (κ1) is 24.2. The lowest BCUT2D eigenvalue weighted by Gasteiger charge is -2.27. The van der Waals surface area contributed by atoms with Crippen LogP contribution in [0.15, 0.2) is 29.3 Å². The van der Waals surface area contributed by atoms with E-state index in [0.29, 0.717) is 6.04 Å². The maximum absolute atomic E-state index is 5.38. The smallest absolute Gasteiger partial charge is 0.191 e. The zero-order valence-electron chi connectivity index (χ0n) is 19.0. The number of likely N-dealkylation sites (N-methyl/N-ethyl adjacent to an activating group) is 1. The molecule has 0 radical (unpaired) electrons. The molecule has 6 nitrogen and oxygen atoms in total. The molecule has 1 rings (SSSR count). The van der Waals surface area contributed by atoms with Crippen molar-refractivity contribution in [2.45, 2.75) is 45.7 Å². The van der Waals surface area contributed by atoms with Crippen LogP contribution in [0.25, 0.3) is 0 Å². The van der Waals surface area contributed by atoms with Crippen molar-refractivity contribution in [2.75, 3.05) is 54.4 Å². The quantitative estimate of drug-likeness (QED) is 0.424. The van der Waals surface area contributed by atoms with E-state index >= 15 is 0 Å². The van der Waals surface area contributed by atoms with E-state index in [-0.39, 0.29) is 6.04 Å². The molecule has 0 fully saturated rings. The van der Waals surface area contributed by atoms with Gasteiger partial charge in [0.1, 0.15) is 5.75 Å². The number of benzene rings is 1. The van der Waals surface area contributed by atoms with E-state index in [4.69, 9.17) is 4.74 Å². The van der Waals surface area contributed by atoms with Crippen molar-refractivity contribution in [3.63, 3.8) is 0 Å². The van der Waals surface area contributed by atoms with Crippen molar-refractivity contribution in [1.82, 2.24) is 20.4 Å². The van der Waals surface area contributed by atoms with Crippen LogP contribution in [0.1, 0.15) is 45.2 Å². The van der Waals surface area contributed by atoms with E-state index < -0.39 is 0 Å². The number of ether oxygens (including phenoxy) is 1. The fourth-order valence-corrected chi connectivity index (χ4v) is 3.30. The van der Waals surface area contributed by atoms with Crippen molar-refractivity contribution in [3.05, 3.63) is 29.8 Å². The first-order chi connectivity index (χ1) is 13.4. The van der Waals surface area contributed by atoms with Gasteiger partial charge in [0.25, 0.3) is 0 Å². The summed E-state index contributed by atoms with van der Waals surface area (Å²) in [5.41, 5.74) is 1.22. The van der Waals surface area contributed by atoms with E-state index in [1.54, 1.807) is 7.11 Å². The molecule has 2 N–H and O–H groups in total. The number of nitrogens with zero attached hydrogens (tertiary/aromatic N) is 3. The van der Waals surface area contributed by atoms with Gasteiger partial charge in [0.15, 0.2) is 5.96 Å². The maximum atomic E-state index is 5.38. The zero-order chi connectivity index (χ0) is 20.9. The van der Waals surface area contributed by atoms with E-state index in [1.807, 2.05) is 19.2 Å². The summed E-state index contributed by atoms with van der Waals surface area (Å²) in [4.78, 5) is 9.08. The highest BCUT2D eigenvalue weighted by atomic mass is 16.5. The van der Waals surface area contributed by atoms with Crippen molar-refractivity contribution in [2.24, 2.45) is 4.99 Å². The molecule has 0 aromatic heterocycles. The van der Waals surface area contributed by atoms with E-state index in [2.05, 4.69) is 72.4 Å². The minimum absolute atomic E-state index is 0.228. The molecule has 0 aliphatic rings. The molecule has 2 atom stereocenters. The Morgan fingerprint density at radius 2 is 1.93 bits per heavy atom. The fraction of sp³-hybridized carbons (Fsp3) is 0.682. The van der Waals surface area contributed by atoms with Crippen LogP contribution in [0.2, 0.25) is 0 Å². The summed E-state index contributed by atoms with van der Waals surface area (Å²) in [6.45, 7) is 10.8. The van der Waals surface area contributed by atoms with Gasteiger partial charge in [-0.3, -0.25) is 4.99 Å². The lowest BCUT2D eigenvalue weighted by atomic mass is 10.1. The van der Waals surface area contributed by atoms with Gasteiger partial charge in [-0.05, 0) is 71.2 Å². The number of methoxy groups -OCH3 is 1. The third kappa shape index (κ3) is 8.48. The van der Waals surface area contributed by atoms with Crippen LogP contribution >= 0.6 is 0 Å². The molecule has 160 valence electrons. The summed E-state index contributed by atoms with van der Waals surface area (Å²) in [5, 5.41) is 7.01. The van der Waals surface area contributed by atoms with Gasteiger partial charge in [-0.1, -0.05) is 26.0 Å². The SMILES string of the molecule is CCN(CC)CCCC(C)NC(=NC)NCC(c1cccc(OC)c1)N(C)C. The first-order valence-corrected chi connectivity index (χ1v) is 10.4. The van der Waals surface area contributed by atoms with E-state index in [9.17, 15) is 0 Å². The van der Waals surface area contributed by atoms with Crippen molar-refractivity contribution in [3.8, 4) is 5.75 Å². The molecule has 1 aromatic rings. The highest BCUT2D eigenvalue weighted by molar-refractivity contribution is 5.79. The van der Waals surface area contributed by atoms with Gasteiger partial charge in [0.05, 0.1) is 13.2 Å². The zero-order valence-corrected chi connectivity index (χ0v) is 19.0. The second kappa shape index (κ2) is 13.4. The van der Waals surface area contributed by atoms with Crippen LogP contribution in [0.3, 0.4) is 0 Å². The summed E-state index contributed by atoms with van der Waals surface area (Å²) < 4.78 is 5.38. The fourth-order valence-electron chi connectivity index (χ4n) is 3.30. The number of rotatable bonds is 12. The Morgan fingerprint density at radius 1 is 1.21 bits per heavy atom. The maximum Gasteiger partial charge on any atom is 0.191 e. The van der Waals surface area contributed by atoms with Gasteiger partial charge in [-0.15, -0.1) is 0 Å². The first-order valence-electron chi connectivity index (χ1n) is 10.4. The van der Waals surface area contributed by atoms with Crippen molar-refractivity contribution < 1.29 is 4.74 Å². The van der Waals surface area contributed by atoms with E-state index in [0.717, 1.165) is 44.3 Å². The van der Waals surface area contributed by atoms with Crippen LogP contribution in [0, 0.1) is 0 Å². The van der Waals surface area contributed by atoms with Gasteiger partial charge in [-0.2, -0.15) is 0 Å². The Morgan fingerprint density at radius 3 is 2.50 bits per heavy atom. The molecule has 0 aliphatic carbocycles. The van der Waals surface area contributed by atoms with Crippen LogP contribution in [0.5, 0.6) is 5.75 Å². The molecule has 0 spiro atoms. The Labute approximate surface area is 172 Å².